The van der Waals surface area contributed by atoms with Crippen molar-refractivity contribution in [3.8, 4) is 11.8 Å². The quantitative estimate of drug-likeness (QED) is 0.788. The molecule has 0 atom stereocenters. The van der Waals surface area contributed by atoms with Gasteiger partial charge in [-0.2, -0.15) is 5.26 Å². The second-order valence-electron chi connectivity index (χ2n) is 4.27. The number of aromatic nitrogens is 1. The molecule has 0 saturated heterocycles. The van der Waals surface area contributed by atoms with Gasteiger partial charge in [-0.05, 0) is 31.2 Å². The fourth-order valence-electron chi connectivity index (χ4n) is 1.92. The largest absolute Gasteiger partial charge is 0.496 e. The first-order chi connectivity index (χ1) is 9.13. The minimum Gasteiger partial charge on any atom is -0.496 e. The molecule has 1 aromatic carbocycles. The number of nitrogens with zero attached hydrogens (tertiary/aromatic N) is 2. The summed E-state index contributed by atoms with van der Waals surface area (Å²) in [6.45, 7) is 2.10. The Kier molecular flexibility index (Phi) is 3.67. The van der Waals surface area contributed by atoms with Crippen molar-refractivity contribution >= 4 is 5.78 Å². The first-order valence-corrected chi connectivity index (χ1v) is 5.87. The van der Waals surface area contributed by atoms with Gasteiger partial charge in [0.25, 0.3) is 0 Å². The van der Waals surface area contributed by atoms with Crippen molar-refractivity contribution in [1.82, 2.24) is 4.57 Å². The van der Waals surface area contributed by atoms with Crippen molar-refractivity contribution in [3.63, 3.8) is 0 Å². The molecule has 0 aliphatic carbocycles. The lowest BCUT2D eigenvalue weighted by molar-refractivity contribution is 0.101. The Morgan fingerprint density at radius 3 is 2.79 bits per heavy atom. The van der Waals surface area contributed by atoms with Crippen LogP contribution in [0.5, 0.6) is 5.75 Å². The van der Waals surface area contributed by atoms with Gasteiger partial charge in [0.15, 0.2) is 5.78 Å². The van der Waals surface area contributed by atoms with Crippen LogP contribution in [0.15, 0.2) is 36.7 Å². The summed E-state index contributed by atoms with van der Waals surface area (Å²) in [6, 6.07) is 9.19. The Hall–Kier alpha value is -2.54. The zero-order valence-electron chi connectivity index (χ0n) is 10.9. The zero-order chi connectivity index (χ0) is 13.8. The summed E-state index contributed by atoms with van der Waals surface area (Å²) >= 11 is 0. The fraction of sp³-hybridized carbons (Fsp3) is 0.200. The van der Waals surface area contributed by atoms with Gasteiger partial charge in [0, 0.05) is 23.5 Å². The number of nitriles is 1. The molecular formula is C15H14N2O2. The molecule has 1 heterocycles. The third-order valence-electron chi connectivity index (χ3n) is 2.92. The number of ketones is 1. The first-order valence-electron chi connectivity index (χ1n) is 5.87. The van der Waals surface area contributed by atoms with Crippen molar-refractivity contribution in [2.24, 2.45) is 0 Å². The molecular weight excluding hydrogens is 240 g/mol. The molecule has 4 nitrogen and oxygen atoms in total. The lowest BCUT2D eigenvalue weighted by atomic mass is 10.1. The Balaban J connectivity index is 2.31. The van der Waals surface area contributed by atoms with Gasteiger partial charge in [0.1, 0.15) is 5.75 Å². The summed E-state index contributed by atoms with van der Waals surface area (Å²) in [5.41, 5.74) is 2.18. The first kappa shape index (κ1) is 12.9. The van der Waals surface area contributed by atoms with Crippen LogP contribution in [0.1, 0.15) is 28.4 Å². The van der Waals surface area contributed by atoms with Crippen molar-refractivity contribution in [1.29, 1.82) is 5.26 Å². The third-order valence-corrected chi connectivity index (χ3v) is 2.92. The van der Waals surface area contributed by atoms with Crippen molar-refractivity contribution in [2.75, 3.05) is 7.11 Å². The van der Waals surface area contributed by atoms with Crippen LogP contribution in [0.25, 0.3) is 0 Å². The highest BCUT2D eigenvalue weighted by molar-refractivity contribution is 5.93. The molecule has 2 rings (SSSR count). The summed E-state index contributed by atoms with van der Waals surface area (Å²) in [7, 11) is 1.60. The van der Waals surface area contributed by atoms with Gasteiger partial charge in [-0.1, -0.05) is 0 Å². The maximum atomic E-state index is 11.3. The van der Waals surface area contributed by atoms with Gasteiger partial charge >= 0.3 is 0 Å². The van der Waals surface area contributed by atoms with E-state index in [1.54, 1.807) is 37.6 Å². The Bertz CT molecular complexity index is 650. The van der Waals surface area contributed by atoms with Crippen molar-refractivity contribution < 1.29 is 9.53 Å². The van der Waals surface area contributed by atoms with Gasteiger partial charge in [0.2, 0.25) is 0 Å². The van der Waals surface area contributed by atoms with E-state index in [0.29, 0.717) is 17.7 Å². The second-order valence-corrected chi connectivity index (χ2v) is 4.27. The number of rotatable bonds is 4. The monoisotopic (exact) mass is 254 g/mol. The number of Topliss-reactive ketones (excluding diaryl/α,β-unsaturated/α-hetero) is 1. The summed E-state index contributed by atoms with van der Waals surface area (Å²) in [5, 5.41) is 8.93. The molecule has 1 aromatic heterocycles. The number of carbonyl (C=O) groups is 1. The van der Waals surface area contributed by atoms with E-state index in [9.17, 15) is 4.79 Å². The number of methoxy groups -OCH3 is 1. The van der Waals surface area contributed by atoms with Gasteiger partial charge in [0.05, 0.1) is 25.3 Å². The normalized spacial score (nSPS) is 9.95. The van der Waals surface area contributed by atoms with E-state index in [4.69, 9.17) is 10.00 Å². The summed E-state index contributed by atoms with van der Waals surface area (Å²) in [6.07, 6.45) is 3.63. The topological polar surface area (TPSA) is 55.0 Å². The number of hydrogen-bond acceptors (Lipinski definition) is 3. The van der Waals surface area contributed by atoms with Crippen LogP contribution < -0.4 is 4.74 Å². The standard InChI is InChI=1S/C15H14N2O2/c1-11(18)13-5-6-17(9-13)10-14-7-12(8-16)3-4-15(14)19-2/h3-7,9H,10H2,1-2H3. The number of hydrogen-bond donors (Lipinski definition) is 0. The molecule has 0 bridgehead atoms. The lowest BCUT2D eigenvalue weighted by Crippen LogP contribution is -2.00. The molecule has 0 aliphatic heterocycles. The predicted molar refractivity (Wildman–Crippen MR) is 71.2 cm³/mol. The molecule has 96 valence electrons. The Morgan fingerprint density at radius 2 is 2.21 bits per heavy atom. The number of benzene rings is 1. The average molecular weight is 254 g/mol. The van der Waals surface area contributed by atoms with Gasteiger partial charge in [-0.15, -0.1) is 0 Å². The molecule has 0 unspecified atom stereocenters. The molecule has 0 saturated carbocycles. The van der Waals surface area contributed by atoms with E-state index in [-0.39, 0.29) is 5.78 Å². The predicted octanol–water partition coefficient (Wildman–Crippen LogP) is 2.62. The van der Waals surface area contributed by atoms with E-state index in [2.05, 4.69) is 6.07 Å². The SMILES string of the molecule is COc1ccc(C#N)cc1Cn1ccc(C(C)=O)c1. The molecule has 0 spiro atoms. The molecule has 0 amide bonds. The highest BCUT2D eigenvalue weighted by Crippen LogP contribution is 2.21. The third kappa shape index (κ3) is 2.83. The zero-order valence-corrected chi connectivity index (χ0v) is 10.9. The minimum atomic E-state index is 0.0384. The molecule has 0 N–H and O–H groups in total. The van der Waals surface area contributed by atoms with E-state index < -0.39 is 0 Å². The van der Waals surface area contributed by atoms with Crippen LogP contribution in [0, 0.1) is 11.3 Å². The summed E-state index contributed by atoms with van der Waals surface area (Å²) in [4.78, 5) is 11.3. The van der Waals surface area contributed by atoms with Crippen LogP contribution in [0.3, 0.4) is 0 Å². The fourth-order valence-corrected chi connectivity index (χ4v) is 1.92. The van der Waals surface area contributed by atoms with Crippen LogP contribution >= 0.6 is 0 Å². The molecule has 2 aromatic rings. The molecule has 4 heteroatoms. The second kappa shape index (κ2) is 5.40. The Labute approximate surface area is 111 Å². The van der Waals surface area contributed by atoms with E-state index in [0.717, 1.165) is 11.3 Å². The summed E-state index contributed by atoms with van der Waals surface area (Å²) in [5.74, 6) is 0.772. The van der Waals surface area contributed by atoms with Crippen LogP contribution in [-0.2, 0) is 6.54 Å². The highest BCUT2D eigenvalue weighted by atomic mass is 16.5. The smallest absolute Gasteiger partial charge is 0.161 e. The Morgan fingerprint density at radius 1 is 1.42 bits per heavy atom. The minimum absolute atomic E-state index is 0.0384. The molecule has 0 aliphatic rings. The maximum absolute atomic E-state index is 11.3. The number of carbonyl (C=O) groups excluding carboxylic acids is 1. The molecule has 19 heavy (non-hydrogen) atoms. The molecule has 0 radical (unpaired) electrons. The molecule has 0 fully saturated rings. The van der Waals surface area contributed by atoms with Gasteiger partial charge in [-0.3, -0.25) is 4.79 Å². The van der Waals surface area contributed by atoms with E-state index in [1.807, 2.05) is 10.8 Å². The maximum Gasteiger partial charge on any atom is 0.161 e. The van der Waals surface area contributed by atoms with E-state index in [1.165, 1.54) is 6.92 Å². The lowest BCUT2D eigenvalue weighted by Gasteiger charge is -2.09. The highest BCUT2D eigenvalue weighted by Gasteiger charge is 2.07. The van der Waals surface area contributed by atoms with Crippen molar-refractivity contribution in [2.45, 2.75) is 13.5 Å². The van der Waals surface area contributed by atoms with E-state index >= 15 is 0 Å². The summed E-state index contributed by atoms with van der Waals surface area (Å²) < 4.78 is 7.18. The van der Waals surface area contributed by atoms with Gasteiger partial charge in [-0.25, -0.2) is 0 Å². The van der Waals surface area contributed by atoms with Crippen molar-refractivity contribution in [3.05, 3.63) is 53.3 Å². The van der Waals surface area contributed by atoms with Gasteiger partial charge < -0.3 is 9.30 Å². The van der Waals surface area contributed by atoms with Crippen LogP contribution in [-0.4, -0.2) is 17.5 Å². The number of ether oxygens (including phenoxy) is 1. The van der Waals surface area contributed by atoms with Crippen LogP contribution in [0.2, 0.25) is 0 Å². The van der Waals surface area contributed by atoms with Crippen LogP contribution in [0.4, 0.5) is 0 Å². The average Bonchev–Trinajstić information content (AvgIpc) is 2.87.